The molecule has 0 aliphatic carbocycles. The maximum atomic E-state index is 12.2. The third kappa shape index (κ3) is 2.06. The van der Waals surface area contributed by atoms with Crippen molar-refractivity contribution in [3.05, 3.63) is 39.9 Å². The van der Waals surface area contributed by atoms with Crippen LogP contribution in [-0.4, -0.2) is 22.5 Å². The summed E-state index contributed by atoms with van der Waals surface area (Å²) < 4.78 is 9.00. The predicted molar refractivity (Wildman–Crippen MR) is 65.8 cm³/mol. The van der Waals surface area contributed by atoms with Gasteiger partial charge in [0.1, 0.15) is 11.4 Å². The van der Waals surface area contributed by atoms with Gasteiger partial charge in [0.15, 0.2) is 0 Å². The van der Waals surface area contributed by atoms with Gasteiger partial charge in [0.2, 0.25) is 5.78 Å². The van der Waals surface area contributed by atoms with Crippen molar-refractivity contribution in [1.82, 2.24) is 9.59 Å². The fourth-order valence-corrected chi connectivity index (χ4v) is 2.07. The molecule has 1 aromatic carbocycles. The molecule has 0 saturated carbocycles. The van der Waals surface area contributed by atoms with Gasteiger partial charge in [-0.1, -0.05) is 10.6 Å². The van der Waals surface area contributed by atoms with Crippen molar-refractivity contribution in [3.63, 3.8) is 0 Å². The molecule has 17 heavy (non-hydrogen) atoms. The van der Waals surface area contributed by atoms with Gasteiger partial charge >= 0.3 is 0 Å². The molecule has 0 atom stereocenters. The Hall–Kier alpha value is -1.75. The van der Waals surface area contributed by atoms with Gasteiger partial charge in [-0.3, -0.25) is 4.79 Å². The molecule has 0 radical (unpaired) electrons. The van der Waals surface area contributed by atoms with E-state index in [0.717, 1.165) is 22.7 Å². The number of ether oxygens (including phenoxy) is 1. The van der Waals surface area contributed by atoms with Crippen LogP contribution in [0, 0.1) is 13.8 Å². The number of methoxy groups -OCH3 is 1. The summed E-state index contributed by atoms with van der Waals surface area (Å²) in [6, 6.07) is 3.67. The average Bonchev–Trinajstić information content (AvgIpc) is 2.85. The second-order valence-electron chi connectivity index (χ2n) is 3.71. The van der Waals surface area contributed by atoms with E-state index < -0.39 is 0 Å². The SMILES string of the molecule is COc1c(C(=O)c2csnn2)ccc(C)c1C. The van der Waals surface area contributed by atoms with Gasteiger partial charge in [0.25, 0.3) is 0 Å². The number of aromatic nitrogens is 2. The van der Waals surface area contributed by atoms with Crippen molar-refractivity contribution in [3.8, 4) is 5.75 Å². The van der Waals surface area contributed by atoms with Crippen LogP contribution in [-0.2, 0) is 0 Å². The van der Waals surface area contributed by atoms with E-state index >= 15 is 0 Å². The Morgan fingerprint density at radius 1 is 1.35 bits per heavy atom. The Balaban J connectivity index is 2.53. The lowest BCUT2D eigenvalue weighted by molar-refractivity contribution is 0.103. The van der Waals surface area contributed by atoms with Crippen molar-refractivity contribution in [2.75, 3.05) is 7.11 Å². The van der Waals surface area contributed by atoms with Gasteiger partial charge in [0.05, 0.1) is 12.7 Å². The Labute approximate surface area is 103 Å². The van der Waals surface area contributed by atoms with Crippen molar-refractivity contribution < 1.29 is 9.53 Å². The summed E-state index contributed by atoms with van der Waals surface area (Å²) in [5.41, 5.74) is 2.95. The molecular formula is C12H12N2O2S. The van der Waals surface area contributed by atoms with Crippen molar-refractivity contribution in [1.29, 1.82) is 0 Å². The summed E-state index contributed by atoms with van der Waals surface area (Å²) in [5, 5.41) is 5.42. The summed E-state index contributed by atoms with van der Waals surface area (Å²) in [6.45, 7) is 3.92. The van der Waals surface area contributed by atoms with Crippen LogP contribution in [0.25, 0.3) is 0 Å². The van der Waals surface area contributed by atoms with E-state index in [-0.39, 0.29) is 5.78 Å². The molecule has 4 nitrogen and oxygen atoms in total. The first-order valence-electron chi connectivity index (χ1n) is 5.11. The van der Waals surface area contributed by atoms with E-state index in [0.29, 0.717) is 17.0 Å². The fraction of sp³-hybridized carbons (Fsp3) is 0.250. The monoisotopic (exact) mass is 248 g/mol. The van der Waals surface area contributed by atoms with E-state index in [1.165, 1.54) is 0 Å². The molecule has 1 heterocycles. The van der Waals surface area contributed by atoms with Crippen LogP contribution >= 0.6 is 11.5 Å². The second-order valence-corrected chi connectivity index (χ2v) is 4.32. The predicted octanol–water partition coefficient (Wildman–Crippen LogP) is 2.39. The maximum Gasteiger partial charge on any atom is 0.217 e. The minimum absolute atomic E-state index is 0.154. The highest BCUT2D eigenvalue weighted by Crippen LogP contribution is 2.27. The highest BCUT2D eigenvalue weighted by atomic mass is 32.1. The first-order chi connectivity index (χ1) is 8.15. The van der Waals surface area contributed by atoms with Gasteiger partial charge in [-0.25, -0.2) is 0 Å². The number of aryl methyl sites for hydroxylation is 1. The van der Waals surface area contributed by atoms with Crippen molar-refractivity contribution in [2.45, 2.75) is 13.8 Å². The lowest BCUT2D eigenvalue weighted by Gasteiger charge is -2.11. The quantitative estimate of drug-likeness (QED) is 0.783. The first-order valence-corrected chi connectivity index (χ1v) is 5.94. The molecule has 0 bridgehead atoms. The Morgan fingerprint density at radius 3 is 2.71 bits per heavy atom. The van der Waals surface area contributed by atoms with E-state index in [2.05, 4.69) is 9.59 Å². The van der Waals surface area contributed by atoms with Crippen LogP contribution in [0.3, 0.4) is 0 Å². The number of ketones is 1. The minimum atomic E-state index is -0.154. The van der Waals surface area contributed by atoms with Gasteiger partial charge in [-0.05, 0) is 42.6 Å². The van der Waals surface area contributed by atoms with Gasteiger partial charge < -0.3 is 4.74 Å². The maximum absolute atomic E-state index is 12.2. The molecular weight excluding hydrogens is 236 g/mol. The highest BCUT2D eigenvalue weighted by molar-refractivity contribution is 7.03. The molecule has 1 aromatic heterocycles. The molecule has 0 N–H and O–H groups in total. The number of hydrogen-bond donors (Lipinski definition) is 0. The van der Waals surface area contributed by atoms with Crippen LogP contribution in [0.1, 0.15) is 27.2 Å². The fourth-order valence-electron chi connectivity index (χ4n) is 1.63. The largest absolute Gasteiger partial charge is 0.496 e. The molecule has 88 valence electrons. The number of carbonyl (C=O) groups excluding carboxylic acids is 1. The molecule has 0 amide bonds. The number of benzene rings is 1. The van der Waals surface area contributed by atoms with Crippen LogP contribution in [0.2, 0.25) is 0 Å². The van der Waals surface area contributed by atoms with E-state index in [1.54, 1.807) is 18.6 Å². The molecule has 0 aliphatic rings. The summed E-state index contributed by atoms with van der Waals surface area (Å²) in [7, 11) is 1.57. The zero-order valence-corrected chi connectivity index (χ0v) is 10.7. The van der Waals surface area contributed by atoms with E-state index in [4.69, 9.17) is 4.74 Å². The third-order valence-electron chi connectivity index (χ3n) is 2.72. The minimum Gasteiger partial charge on any atom is -0.496 e. The summed E-state index contributed by atoms with van der Waals surface area (Å²) in [5.74, 6) is 0.460. The summed E-state index contributed by atoms with van der Waals surface area (Å²) in [4.78, 5) is 12.2. The standard InChI is InChI=1S/C12H12N2O2S/c1-7-4-5-9(12(16-3)8(7)2)11(15)10-6-17-14-13-10/h4-6H,1-3H3. The Morgan fingerprint density at radius 2 is 2.12 bits per heavy atom. The zero-order chi connectivity index (χ0) is 12.4. The normalized spacial score (nSPS) is 10.3. The van der Waals surface area contributed by atoms with E-state index in [9.17, 15) is 4.79 Å². The molecule has 2 rings (SSSR count). The Kier molecular flexibility index (Phi) is 3.19. The third-order valence-corrected chi connectivity index (χ3v) is 3.22. The summed E-state index contributed by atoms with van der Waals surface area (Å²) in [6.07, 6.45) is 0. The molecule has 0 spiro atoms. The van der Waals surface area contributed by atoms with Crippen molar-refractivity contribution in [2.24, 2.45) is 0 Å². The molecule has 0 saturated heterocycles. The van der Waals surface area contributed by atoms with Gasteiger partial charge in [-0.15, -0.1) is 5.10 Å². The number of rotatable bonds is 3. The lowest BCUT2D eigenvalue weighted by atomic mass is 10.0. The number of hydrogen-bond acceptors (Lipinski definition) is 5. The first kappa shape index (κ1) is 11.7. The molecule has 2 aromatic rings. The van der Waals surface area contributed by atoms with Gasteiger partial charge in [-0.2, -0.15) is 0 Å². The van der Waals surface area contributed by atoms with Crippen LogP contribution < -0.4 is 4.74 Å². The van der Waals surface area contributed by atoms with Crippen LogP contribution in [0.4, 0.5) is 0 Å². The molecule has 0 unspecified atom stereocenters. The smallest absolute Gasteiger partial charge is 0.217 e. The molecule has 5 heteroatoms. The topological polar surface area (TPSA) is 52.1 Å². The molecule has 0 aliphatic heterocycles. The van der Waals surface area contributed by atoms with Crippen LogP contribution in [0.5, 0.6) is 5.75 Å². The summed E-state index contributed by atoms with van der Waals surface area (Å²) >= 11 is 1.16. The Bertz CT molecular complexity index is 550. The zero-order valence-electron chi connectivity index (χ0n) is 9.85. The number of nitrogens with zero attached hydrogens (tertiary/aromatic N) is 2. The number of carbonyl (C=O) groups is 1. The molecule has 0 fully saturated rings. The van der Waals surface area contributed by atoms with Gasteiger partial charge in [0, 0.05) is 5.38 Å². The average molecular weight is 248 g/mol. The highest BCUT2D eigenvalue weighted by Gasteiger charge is 2.18. The lowest BCUT2D eigenvalue weighted by Crippen LogP contribution is -2.06. The van der Waals surface area contributed by atoms with Crippen LogP contribution in [0.15, 0.2) is 17.5 Å². The van der Waals surface area contributed by atoms with Crippen molar-refractivity contribution >= 4 is 17.3 Å². The van der Waals surface area contributed by atoms with E-state index in [1.807, 2.05) is 19.9 Å². The second kappa shape index (κ2) is 4.63.